The summed E-state index contributed by atoms with van der Waals surface area (Å²) in [6.45, 7) is 8.03. The first-order valence-electron chi connectivity index (χ1n) is 9.85. The topological polar surface area (TPSA) is 96.1 Å². The summed E-state index contributed by atoms with van der Waals surface area (Å²) < 4.78 is 3.98. The third-order valence-corrected chi connectivity index (χ3v) is 6.54. The minimum Gasteiger partial charge on any atom is -0.324 e. The Kier molecular flexibility index (Phi) is 5.40. The molecule has 4 N–H and O–H groups in total. The Bertz CT molecular complexity index is 1250. The van der Waals surface area contributed by atoms with Crippen LogP contribution in [0.4, 0.5) is 5.69 Å². The molecule has 4 rings (SSSR count). The average Bonchev–Trinajstić information content (AvgIpc) is 3.10. The summed E-state index contributed by atoms with van der Waals surface area (Å²) in [6, 6.07) is 9.06. The molecule has 0 radical (unpaired) electrons. The van der Waals surface area contributed by atoms with Crippen LogP contribution in [-0.2, 0) is 11.3 Å². The van der Waals surface area contributed by atoms with Gasteiger partial charge < -0.3 is 16.0 Å². The van der Waals surface area contributed by atoms with Gasteiger partial charge in [-0.05, 0) is 37.4 Å². The van der Waals surface area contributed by atoms with E-state index < -0.39 is 0 Å². The number of anilines is 1. The van der Waals surface area contributed by atoms with Gasteiger partial charge in [0.05, 0.1) is 34.5 Å². The third kappa shape index (κ3) is 3.55. The lowest BCUT2D eigenvalue weighted by atomic mass is 10.1. The van der Waals surface area contributed by atoms with E-state index in [1.807, 2.05) is 18.2 Å². The van der Waals surface area contributed by atoms with E-state index in [-0.39, 0.29) is 17.9 Å². The number of amides is 1. The van der Waals surface area contributed by atoms with Crippen molar-refractivity contribution in [3.05, 3.63) is 40.6 Å². The molecule has 2 aromatic carbocycles. The number of rotatable bonds is 7. The molecule has 0 unspecified atom stereocenters. The van der Waals surface area contributed by atoms with Gasteiger partial charge in [0.1, 0.15) is 0 Å². The number of carbonyl (C=O) groups excluding carboxylic acids is 1. The molecule has 1 amide bonds. The lowest BCUT2D eigenvalue weighted by Crippen LogP contribution is -2.27. The Hall–Kier alpha value is -2.68. The second kappa shape index (κ2) is 7.98. The predicted octanol–water partition coefficient (Wildman–Crippen LogP) is 2.94. The van der Waals surface area contributed by atoms with Gasteiger partial charge in [0, 0.05) is 28.1 Å². The normalized spacial score (nSPS) is 11.9. The van der Waals surface area contributed by atoms with Crippen LogP contribution in [0, 0.1) is 0 Å². The number of H-pyrrole nitrogens is 1. The molecule has 0 aliphatic heterocycles. The first kappa shape index (κ1) is 19.6. The Morgan fingerprint density at radius 1 is 1.24 bits per heavy atom. The van der Waals surface area contributed by atoms with Gasteiger partial charge in [0.15, 0.2) is 5.43 Å². The van der Waals surface area contributed by atoms with E-state index in [1.165, 1.54) is 11.3 Å². The molecule has 0 fully saturated rings. The Balaban J connectivity index is 1.95. The maximum atomic E-state index is 11.9. The Morgan fingerprint density at radius 2 is 2.03 bits per heavy atom. The number of aromatic amines is 1. The van der Waals surface area contributed by atoms with Crippen LogP contribution in [0.3, 0.4) is 0 Å². The maximum absolute atomic E-state index is 11.9. The van der Waals surface area contributed by atoms with Crippen molar-refractivity contribution in [1.29, 1.82) is 0 Å². The van der Waals surface area contributed by atoms with Gasteiger partial charge in [-0.25, -0.2) is 0 Å². The smallest absolute Gasteiger partial charge is 0.238 e. The highest BCUT2D eigenvalue weighted by Gasteiger charge is 2.17. The lowest BCUT2D eigenvalue weighted by molar-refractivity contribution is -0.114. The molecule has 2 heterocycles. The van der Waals surface area contributed by atoms with Crippen molar-refractivity contribution in [2.75, 3.05) is 31.5 Å². The molecule has 0 atom stereocenters. The van der Waals surface area contributed by atoms with E-state index in [4.69, 9.17) is 5.73 Å². The number of nitrogens with one attached hydrogen (secondary N) is 2. The summed E-state index contributed by atoms with van der Waals surface area (Å²) >= 11 is 1.52. The largest absolute Gasteiger partial charge is 0.324 e. The summed E-state index contributed by atoms with van der Waals surface area (Å²) in [5, 5.41) is 8.51. The second-order valence-electron chi connectivity index (χ2n) is 7.01. The summed E-state index contributed by atoms with van der Waals surface area (Å²) in [5.74, 6) is -0.240. The number of hydrogen-bond donors (Lipinski definition) is 3. The van der Waals surface area contributed by atoms with Gasteiger partial charge in [-0.1, -0.05) is 13.8 Å². The van der Waals surface area contributed by atoms with Crippen LogP contribution in [0.1, 0.15) is 13.8 Å². The van der Waals surface area contributed by atoms with Crippen LogP contribution >= 0.6 is 11.3 Å². The molecule has 4 aromatic rings. The number of hydrogen-bond acceptors (Lipinski definition) is 5. The standard InChI is InChI=1S/C21H25N5O2S/c1-3-25(4-2)9-10-26-16-8-7-15(23-18(28)12-22)21-19(16)20(24-26)14-6-5-13(27)11-17(14)29-21/h5-8,11,24H,3-4,9-10,12,22H2,1-2H3,(H,23,28). The molecule has 0 saturated carbocycles. The summed E-state index contributed by atoms with van der Waals surface area (Å²) in [4.78, 5) is 26.2. The molecule has 0 aliphatic rings. The molecule has 0 saturated heterocycles. The van der Waals surface area contributed by atoms with Gasteiger partial charge in [0.25, 0.3) is 0 Å². The van der Waals surface area contributed by atoms with Gasteiger partial charge >= 0.3 is 0 Å². The van der Waals surface area contributed by atoms with Gasteiger partial charge in [0.2, 0.25) is 5.91 Å². The molecule has 0 spiro atoms. The lowest BCUT2D eigenvalue weighted by Gasteiger charge is -2.18. The molecule has 0 aliphatic carbocycles. The zero-order valence-corrected chi connectivity index (χ0v) is 17.4. The molecule has 7 nitrogen and oxygen atoms in total. The first-order chi connectivity index (χ1) is 14.0. The van der Waals surface area contributed by atoms with E-state index in [2.05, 4.69) is 33.8 Å². The number of benzene rings is 2. The number of nitrogens with zero attached hydrogens (tertiary/aromatic N) is 2. The van der Waals surface area contributed by atoms with Crippen molar-refractivity contribution < 1.29 is 4.79 Å². The second-order valence-corrected chi connectivity index (χ2v) is 8.07. The van der Waals surface area contributed by atoms with Crippen LogP contribution in [0.25, 0.3) is 31.2 Å². The van der Waals surface area contributed by atoms with Gasteiger partial charge in [-0.15, -0.1) is 11.3 Å². The minimum absolute atomic E-state index is 0.0274. The van der Waals surface area contributed by atoms with Crippen LogP contribution < -0.4 is 16.5 Å². The van der Waals surface area contributed by atoms with Crippen LogP contribution in [0.5, 0.6) is 0 Å². The molecular formula is C21H25N5O2S. The fourth-order valence-electron chi connectivity index (χ4n) is 3.75. The third-order valence-electron chi connectivity index (χ3n) is 5.35. The number of carbonyl (C=O) groups is 1. The van der Waals surface area contributed by atoms with Gasteiger partial charge in [-0.3, -0.25) is 19.4 Å². The number of fused-ring (bicyclic) bond motifs is 2. The number of nitrogens with two attached hydrogens (primary N) is 1. The summed E-state index contributed by atoms with van der Waals surface area (Å²) in [7, 11) is 0. The zero-order valence-electron chi connectivity index (χ0n) is 16.6. The van der Waals surface area contributed by atoms with Crippen LogP contribution in [0.15, 0.2) is 35.1 Å². The fourth-order valence-corrected chi connectivity index (χ4v) is 4.96. The van der Waals surface area contributed by atoms with Crippen LogP contribution in [0.2, 0.25) is 0 Å². The zero-order chi connectivity index (χ0) is 20.5. The Labute approximate surface area is 172 Å². The first-order valence-corrected chi connectivity index (χ1v) is 10.7. The minimum atomic E-state index is -0.240. The number of likely N-dealkylation sites (N-methyl/N-ethyl adjacent to an activating group) is 1. The predicted molar refractivity (Wildman–Crippen MR) is 121 cm³/mol. The Morgan fingerprint density at radius 3 is 2.76 bits per heavy atom. The van der Waals surface area contributed by atoms with E-state index >= 15 is 0 Å². The van der Waals surface area contributed by atoms with Crippen molar-refractivity contribution in [2.45, 2.75) is 20.4 Å². The maximum Gasteiger partial charge on any atom is 0.238 e. The molecular weight excluding hydrogens is 386 g/mol. The molecule has 152 valence electrons. The van der Waals surface area contributed by atoms with E-state index in [0.29, 0.717) is 0 Å². The monoisotopic (exact) mass is 411 g/mol. The fraction of sp³-hybridized carbons (Fsp3) is 0.333. The van der Waals surface area contributed by atoms with Crippen LogP contribution in [-0.4, -0.2) is 46.8 Å². The van der Waals surface area contributed by atoms with Crippen molar-refractivity contribution >= 4 is 54.1 Å². The average molecular weight is 412 g/mol. The van der Waals surface area contributed by atoms with E-state index in [1.54, 1.807) is 12.1 Å². The van der Waals surface area contributed by atoms with Crippen molar-refractivity contribution in [1.82, 2.24) is 14.7 Å². The molecule has 29 heavy (non-hydrogen) atoms. The molecule has 0 bridgehead atoms. The van der Waals surface area contributed by atoms with E-state index in [0.717, 1.165) is 63.1 Å². The van der Waals surface area contributed by atoms with Crippen molar-refractivity contribution in [2.24, 2.45) is 5.73 Å². The van der Waals surface area contributed by atoms with Crippen molar-refractivity contribution in [3.63, 3.8) is 0 Å². The van der Waals surface area contributed by atoms with Crippen molar-refractivity contribution in [3.8, 4) is 0 Å². The van der Waals surface area contributed by atoms with Gasteiger partial charge in [-0.2, -0.15) is 0 Å². The number of aromatic nitrogens is 2. The highest BCUT2D eigenvalue weighted by Crippen LogP contribution is 2.40. The molecule has 2 aromatic heterocycles. The van der Waals surface area contributed by atoms with E-state index in [9.17, 15) is 9.59 Å². The summed E-state index contributed by atoms with van der Waals surface area (Å²) in [6.07, 6.45) is 0. The highest BCUT2D eigenvalue weighted by molar-refractivity contribution is 7.25. The quantitative estimate of drug-likeness (QED) is 0.408. The summed E-state index contributed by atoms with van der Waals surface area (Å²) in [5.41, 5.74) is 8.24. The highest BCUT2D eigenvalue weighted by atomic mass is 32.1. The molecule has 8 heteroatoms. The SMILES string of the molecule is CCN(CC)CCn1[nH]c2c3ccc(=O)cc3sc3c(NC(=O)CN)ccc1c32.